The highest BCUT2D eigenvalue weighted by atomic mass is 19.4. The summed E-state index contributed by atoms with van der Waals surface area (Å²) in [6.45, 7) is 5.70. The molecule has 1 saturated heterocycles. The number of aryl methyl sites for hydroxylation is 2. The molecule has 0 saturated carbocycles. The summed E-state index contributed by atoms with van der Waals surface area (Å²) in [7, 11) is 0. The quantitative estimate of drug-likeness (QED) is 0.812. The maximum atomic E-state index is 12.9. The number of piperazine rings is 1. The van der Waals surface area contributed by atoms with Crippen molar-refractivity contribution >= 4 is 11.6 Å². The van der Waals surface area contributed by atoms with Gasteiger partial charge in [0.1, 0.15) is 5.76 Å². The molecule has 2 heterocycles. The zero-order valence-electron chi connectivity index (χ0n) is 15.3. The molecule has 1 fully saturated rings. The van der Waals surface area contributed by atoms with Crippen LogP contribution < -0.4 is 4.90 Å². The van der Waals surface area contributed by atoms with Crippen molar-refractivity contribution in [3.05, 3.63) is 46.8 Å². The minimum Gasteiger partial charge on any atom is -0.368 e. The highest BCUT2D eigenvalue weighted by Crippen LogP contribution is 2.31. The van der Waals surface area contributed by atoms with Crippen molar-refractivity contribution in [1.29, 1.82) is 0 Å². The van der Waals surface area contributed by atoms with E-state index >= 15 is 0 Å². The van der Waals surface area contributed by atoms with Gasteiger partial charge in [0.15, 0.2) is 0 Å². The fourth-order valence-corrected chi connectivity index (χ4v) is 3.34. The number of carbonyl (C=O) groups excluding carboxylic acids is 1. The lowest BCUT2D eigenvalue weighted by atomic mass is 10.1. The van der Waals surface area contributed by atoms with Gasteiger partial charge in [0.25, 0.3) is 0 Å². The van der Waals surface area contributed by atoms with E-state index in [4.69, 9.17) is 4.52 Å². The molecule has 0 radical (unpaired) electrons. The average Bonchev–Trinajstić information content (AvgIpc) is 2.97. The Balaban J connectivity index is 1.55. The standard InChI is InChI=1S/C19H22F3N3O2/c1-13-17(14(2)27-23-13)6-7-18(26)25-10-8-24(9-11-25)16-5-3-4-15(12-16)19(20,21)22/h3-5,12H,6-11H2,1-2H3. The Morgan fingerprint density at radius 3 is 2.48 bits per heavy atom. The van der Waals surface area contributed by atoms with E-state index in [2.05, 4.69) is 5.16 Å². The van der Waals surface area contributed by atoms with Crippen LogP contribution in [0.3, 0.4) is 0 Å². The third-order valence-corrected chi connectivity index (χ3v) is 4.94. The largest absolute Gasteiger partial charge is 0.416 e. The van der Waals surface area contributed by atoms with Crippen molar-refractivity contribution in [3.63, 3.8) is 0 Å². The van der Waals surface area contributed by atoms with Gasteiger partial charge in [-0.1, -0.05) is 11.2 Å². The second-order valence-electron chi connectivity index (χ2n) is 6.72. The number of carbonyl (C=O) groups is 1. The highest BCUT2D eigenvalue weighted by molar-refractivity contribution is 5.77. The fraction of sp³-hybridized carbons (Fsp3) is 0.474. The molecule has 0 bridgehead atoms. The second-order valence-corrected chi connectivity index (χ2v) is 6.72. The molecule has 146 valence electrons. The lowest BCUT2D eigenvalue weighted by Crippen LogP contribution is -2.48. The van der Waals surface area contributed by atoms with Gasteiger partial charge in [-0.25, -0.2) is 0 Å². The van der Waals surface area contributed by atoms with Crippen molar-refractivity contribution in [1.82, 2.24) is 10.1 Å². The van der Waals surface area contributed by atoms with Crippen LogP contribution in [0.1, 0.15) is 29.0 Å². The van der Waals surface area contributed by atoms with Crippen LogP contribution in [0.25, 0.3) is 0 Å². The molecule has 5 nitrogen and oxygen atoms in total. The highest BCUT2D eigenvalue weighted by Gasteiger charge is 2.31. The maximum absolute atomic E-state index is 12.9. The van der Waals surface area contributed by atoms with E-state index in [0.717, 1.165) is 29.2 Å². The van der Waals surface area contributed by atoms with Gasteiger partial charge in [0.05, 0.1) is 11.3 Å². The van der Waals surface area contributed by atoms with Gasteiger partial charge in [-0.05, 0) is 38.5 Å². The summed E-state index contributed by atoms with van der Waals surface area (Å²) in [6.07, 6.45) is -3.41. The molecule has 2 aromatic rings. The van der Waals surface area contributed by atoms with Crippen LogP contribution in [-0.2, 0) is 17.4 Å². The average molecular weight is 381 g/mol. The third-order valence-electron chi connectivity index (χ3n) is 4.94. The summed E-state index contributed by atoms with van der Waals surface area (Å²) in [6, 6.07) is 5.32. The number of anilines is 1. The summed E-state index contributed by atoms with van der Waals surface area (Å²) in [5, 5.41) is 3.89. The monoisotopic (exact) mass is 381 g/mol. The lowest BCUT2D eigenvalue weighted by Gasteiger charge is -2.36. The minimum atomic E-state index is -4.36. The first-order valence-corrected chi connectivity index (χ1v) is 8.87. The minimum absolute atomic E-state index is 0.0405. The van der Waals surface area contributed by atoms with E-state index in [1.54, 1.807) is 11.0 Å². The smallest absolute Gasteiger partial charge is 0.368 e. The van der Waals surface area contributed by atoms with Gasteiger partial charge < -0.3 is 14.3 Å². The molecule has 1 aromatic carbocycles. The second kappa shape index (κ2) is 7.62. The van der Waals surface area contributed by atoms with Crippen LogP contribution in [0.15, 0.2) is 28.8 Å². The van der Waals surface area contributed by atoms with Crippen molar-refractivity contribution in [2.24, 2.45) is 0 Å². The molecule has 1 aliphatic rings. The Morgan fingerprint density at radius 1 is 1.19 bits per heavy atom. The molecule has 27 heavy (non-hydrogen) atoms. The van der Waals surface area contributed by atoms with Gasteiger partial charge >= 0.3 is 6.18 Å². The molecular formula is C19H22F3N3O2. The Morgan fingerprint density at radius 2 is 1.89 bits per heavy atom. The zero-order valence-corrected chi connectivity index (χ0v) is 15.3. The SMILES string of the molecule is Cc1noc(C)c1CCC(=O)N1CCN(c2cccc(C(F)(F)F)c2)CC1. The molecule has 0 unspecified atom stereocenters. The molecule has 0 N–H and O–H groups in total. The van der Waals surface area contributed by atoms with E-state index in [1.165, 1.54) is 6.07 Å². The zero-order chi connectivity index (χ0) is 19.6. The number of amides is 1. The van der Waals surface area contributed by atoms with E-state index in [9.17, 15) is 18.0 Å². The molecule has 0 spiro atoms. The van der Waals surface area contributed by atoms with Crippen LogP contribution in [-0.4, -0.2) is 42.1 Å². The van der Waals surface area contributed by atoms with Crippen molar-refractivity contribution in [2.45, 2.75) is 32.9 Å². The van der Waals surface area contributed by atoms with Crippen LogP contribution >= 0.6 is 0 Å². The summed E-state index contributed by atoms with van der Waals surface area (Å²) < 4.78 is 43.7. The van der Waals surface area contributed by atoms with E-state index in [0.29, 0.717) is 44.7 Å². The van der Waals surface area contributed by atoms with Gasteiger partial charge in [-0.15, -0.1) is 0 Å². The van der Waals surface area contributed by atoms with Crippen molar-refractivity contribution < 1.29 is 22.5 Å². The molecule has 0 atom stereocenters. The predicted molar refractivity (Wildman–Crippen MR) is 94.5 cm³/mol. The van der Waals surface area contributed by atoms with Crippen molar-refractivity contribution in [2.75, 3.05) is 31.1 Å². The predicted octanol–water partition coefficient (Wildman–Crippen LogP) is 3.59. The first-order chi connectivity index (χ1) is 12.8. The number of benzene rings is 1. The van der Waals surface area contributed by atoms with Crippen LogP contribution in [0.2, 0.25) is 0 Å². The van der Waals surface area contributed by atoms with E-state index in [1.807, 2.05) is 18.7 Å². The number of rotatable bonds is 4. The van der Waals surface area contributed by atoms with Crippen LogP contribution in [0.4, 0.5) is 18.9 Å². The molecule has 3 rings (SSSR count). The summed E-state index contributed by atoms with van der Waals surface area (Å²) in [5.74, 6) is 0.772. The number of halogens is 3. The molecule has 8 heteroatoms. The summed E-state index contributed by atoms with van der Waals surface area (Å²) in [4.78, 5) is 16.1. The van der Waals surface area contributed by atoms with Crippen LogP contribution in [0, 0.1) is 13.8 Å². The summed E-state index contributed by atoms with van der Waals surface area (Å²) in [5.41, 5.74) is 1.64. The molecule has 1 amide bonds. The normalized spacial score (nSPS) is 15.3. The van der Waals surface area contributed by atoms with Gasteiger partial charge in [-0.2, -0.15) is 13.2 Å². The number of hydrogen-bond donors (Lipinski definition) is 0. The number of nitrogens with zero attached hydrogens (tertiary/aromatic N) is 3. The topological polar surface area (TPSA) is 49.6 Å². The Labute approximate surface area is 155 Å². The third kappa shape index (κ3) is 4.43. The molecule has 1 aliphatic heterocycles. The molecule has 0 aliphatic carbocycles. The Kier molecular flexibility index (Phi) is 5.43. The lowest BCUT2D eigenvalue weighted by molar-refractivity contribution is -0.137. The summed E-state index contributed by atoms with van der Waals surface area (Å²) >= 11 is 0. The van der Waals surface area contributed by atoms with Gasteiger partial charge in [-0.3, -0.25) is 4.79 Å². The Bertz CT molecular complexity index is 789. The first kappa shape index (κ1) is 19.3. The van der Waals surface area contributed by atoms with E-state index in [-0.39, 0.29) is 5.91 Å². The van der Waals surface area contributed by atoms with Crippen molar-refractivity contribution in [3.8, 4) is 0 Å². The number of alkyl halides is 3. The van der Waals surface area contributed by atoms with Gasteiger partial charge in [0, 0.05) is 43.9 Å². The maximum Gasteiger partial charge on any atom is 0.416 e. The van der Waals surface area contributed by atoms with Gasteiger partial charge in [0.2, 0.25) is 5.91 Å². The Hall–Kier alpha value is -2.51. The molecular weight excluding hydrogens is 359 g/mol. The first-order valence-electron chi connectivity index (χ1n) is 8.87. The number of hydrogen-bond acceptors (Lipinski definition) is 4. The fourth-order valence-electron chi connectivity index (χ4n) is 3.34. The van der Waals surface area contributed by atoms with E-state index < -0.39 is 11.7 Å². The number of aromatic nitrogens is 1. The molecule has 1 aromatic heterocycles. The van der Waals surface area contributed by atoms with Crippen LogP contribution in [0.5, 0.6) is 0 Å².